The van der Waals surface area contributed by atoms with E-state index in [1.54, 1.807) is 19.1 Å². The van der Waals surface area contributed by atoms with Crippen molar-refractivity contribution < 1.29 is 14.7 Å². The Bertz CT molecular complexity index is 554. The number of hydrogen-bond donors (Lipinski definition) is 2. The SMILES string of the molecule is CCN1C(=O)N/C(=C\c2cc(Br)ccc2O)C1=O. The molecule has 0 radical (unpaired) electrons. The maximum Gasteiger partial charge on any atom is 0.328 e. The zero-order valence-electron chi connectivity index (χ0n) is 9.61. The number of nitrogens with one attached hydrogen (secondary N) is 1. The molecule has 1 aromatic carbocycles. The summed E-state index contributed by atoms with van der Waals surface area (Å²) in [6.45, 7) is 2.03. The molecular formula is C12H11BrN2O3. The van der Waals surface area contributed by atoms with Crippen LogP contribution in [-0.4, -0.2) is 28.5 Å². The lowest BCUT2D eigenvalue weighted by Gasteiger charge is -2.06. The van der Waals surface area contributed by atoms with Gasteiger partial charge in [-0.15, -0.1) is 0 Å². The van der Waals surface area contributed by atoms with E-state index in [1.807, 2.05) is 0 Å². The number of nitrogens with zero attached hydrogens (tertiary/aromatic N) is 1. The number of benzene rings is 1. The van der Waals surface area contributed by atoms with E-state index >= 15 is 0 Å². The van der Waals surface area contributed by atoms with Crippen LogP contribution in [0.15, 0.2) is 28.4 Å². The minimum absolute atomic E-state index is 0.0442. The zero-order valence-corrected chi connectivity index (χ0v) is 11.2. The van der Waals surface area contributed by atoms with Crippen LogP contribution in [0.1, 0.15) is 12.5 Å². The number of phenolic OH excluding ortho intramolecular Hbond substituents is 1. The fourth-order valence-corrected chi connectivity index (χ4v) is 2.03. The first-order valence-corrected chi connectivity index (χ1v) is 6.15. The Hall–Kier alpha value is -1.82. The van der Waals surface area contributed by atoms with Gasteiger partial charge >= 0.3 is 6.03 Å². The lowest BCUT2D eigenvalue weighted by molar-refractivity contribution is -0.122. The molecule has 6 heteroatoms. The van der Waals surface area contributed by atoms with E-state index in [0.717, 1.165) is 9.37 Å². The van der Waals surface area contributed by atoms with Crippen LogP contribution >= 0.6 is 15.9 Å². The molecule has 0 spiro atoms. The van der Waals surface area contributed by atoms with E-state index in [1.165, 1.54) is 12.1 Å². The van der Waals surface area contributed by atoms with Gasteiger partial charge in [0.1, 0.15) is 11.4 Å². The van der Waals surface area contributed by atoms with Crippen LogP contribution in [0.3, 0.4) is 0 Å². The average molecular weight is 311 g/mol. The van der Waals surface area contributed by atoms with Crippen molar-refractivity contribution in [1.82, 2.24) is 10.2 Å². The maximum absolute atomic E-state index is 11.8. The Labute approximate surface area is 112 Å². The molecule has 3 amide bonds. The third kappa shape index (κ3) is 2.24. The largest absolute Gasteiger partial charge is 0.507 e. The van der Waals surface area contributed by atoms with Gasteiger partial charge in [0, 0.05) is 16.6 Å². The van der Waals surface area contributed by atoms with Gasteiger partial charge in [0.2, 0.25) is 0 Å². The number of amides is 3. The molecule has 1 aromatic rings. The fraction of sp³-hybridized carbons (Fsp3) is 0.167. The molecule has 0 aliphatic carbocycles. The van der Waals surface area contributed by atoms with Crippen LogP contribution in [0.5, 0.6) is 5.75 Å². The predicted octanol–water partition coefficient (Wildman–Crippen LogP) is 2.07. The topological polar surface area (TPSA) is 69.6 Å². The summed E-state index contributed by atoms with van der Waals surface area (Å²) in [6, 6.07) is 4.42. The number of imide groups is 1. The molecule has 2 rings (SSSR count). The van der Waals surface area contributed by atoms with Gasteiger partial charge in [0.05, 0.1) is 0 Å². The monoisotopic (exact) mass is 310 g/mol. The Kier molecular flexibility index (Phi) is 3.38. The molecule has 0 bridgehead atoms. The summed E-state index contributed by atoms with van der Waals surface area (Å²) in [5.74, 6) is -0.343. The van der Waals surface area contributed by atoms with Crippen molar-refractivity contribution in [3.63, 3.8) is 0 Å². The first-order valence-electron chi connectivity index (χ1n) is 5.36. The Balaban J connectivity index is 2.38. The number of rotatable bonds is 2. The van der Waals surface area contributed by atoms with Gasteiger partial charge in [-0.2, -0.15) is 0 Å². The summed E-state index contributed by atoms with van der Waals surface area (Å²) in [4.78, 5) is 24.4. The molecule has 0 unspecified atom stereocenters. The standard InChI is InChI=1S/C12H11BrN2O3/c1-2-15-11(17)9(14-12(15)18)6-7-5-8(13)3-4-10(7)16/h3-6,16H,2H2,1H3,(H,14,18)/b9-6-. The van der Waals surface area contributed by atoms with Crippen molar-refractivity contribution in [3.8, 4) is 5.75 Å². The molecule has 94 valence electrons. The van der Waals surface area contributed by atoms with Gasteiger partial charge in [0.15, 0.2) is 0 Å². The maximum atomic E-state index is 11.8. The highest BCUT2D eigenvalue weighted by Crippen LogP contribution is 2.25. The van der Waals surface area contributed by atoms with E-state index in [2.05, 4.69) is 21.2 Å². The second-order valence-corrected chi connectivity index (χ2v) is 4.66. The van der Waals surface area contributed by atoms with Crippen molar-refractivity contribution in [2.45, 2.75) is 6.92 Å². The molecule has 1 aliphatic rings. The van der Waals surface area contributed by atoms with Gasteiger partial charge in [-0.25, -0.2) is 4.79 Å². The predicted molar refractivity (Wildman–Crippen MR) is 69.7 cm³/mol. The molecule has 0 aromatic heterocycles. The number of carbonyl (C=O) groups is 2. The van der Waals surface area contributed by atoms with Crippen LogP contribution < -0.4 is 5.32 Å². The molecule has 1 saturated heterocycles. The number of carbonyl (C=O) groups excluding carboxylic acids is 2. The van der Waals surface area contributed by atoms with Crippen LogP contribution in [0.4, 0.5) is 4.79 Å². The molecule has 1 fully saturated rings. The van der Waals surface area contributed by atoms with Gasteiger partial charge in [-0.1, -0.05) is 15.9 Å². The quantitative estimate of drug-likeness (QED) is 0.649. The highest BCUT2D eigenvalue weighted by atomic mass is 79.9. The molecular weight excluding hydrogens is 300 g/mol. The van der Waals surface area contributed by atoms with Gasteiger partial charge in [0.25, 0.3) is 5.91 Å². The minimum atomic E-state index is -0.441. The summed E-state index contributed by atoms with van der Waals surface area (Å²) < 4.78 is 0.774. The summed E-state index contributed by atoms with van der Waals surface area (Å²) in [6.07, 6.45) is 1.45. The molecule has 0 atom stereocenters. The lowest BCUT2D eigenvalue weighted by atomic mass is 10.1. The van der Waals surface area contributed by atoms with Gasteiger partial charge in [-0.3, -0.25) is 9.69 Å². The smallest absolute Gasteiger partial charge is 0.328 e. The fourth-order valence-electron chi connectivity index (χ4n) is 1.66. The van der Waals surface area contributed by atoms with E-state index in [9.17, 15) is 14.7 Å². The first-order chi connectivity index (χ1) is 8.52. The zero-order chi connectivity index (χ0) is 13.3. The van der Waals surface area contributed by atoms with E-state index < -0.39 is 6.03 Å². The van der Waals surface area contributed by atoms with Gasteiger partial charge < -0.3 is 10.4 Å². The molecule has 1 aliphatic heterocycles. The number of aromatic hydroxyl groups is 1. The first kappa shape index (κ1) is 12.6. The van der Waals surface area contributed by atoms with E-state index in [4.69, 9.17) is 0 Å². The van der Waals surface area contributed by atoms with Crippen LogP contribution in [0.25, 0.3) is 6.08 Å². The summed E-state index contributed by atoms with van der Waals surface area (Å²) in [5.41, 5.74) is 0.626. The summed E-state index contributed by atoms with van der Waals surface area (Å²) in [7, 11) is 0. The van der Waals surface area contributed by atoms with Crippen molar-refractivity contribution in [2.24, 2.45) is 0 Å². The second-order valence-electron chi connectivity index (χ2n) is 3.74. The Morgan fingerprint density at radius 1 is 1.44 bits per heavy atom. The van der Waals surface area contributed by atoms with Gasteiger partial charge in [-0.05, 0) is 31.2 Å². The molecule has 18 heavy (non-hydrogen) atoms. The highest BCUT2D eigenvalue weighted by molar-refractivity contribution is 9.10. The molecule has 0 saturated carbocycles. The average Bonchev–Trinajstić information content (AvgIpc) is 2.59. The van der Waals surface area contributed by atoms with Crippen molar-refractivity contribution in [3.05, 3.63) is 33.9 Å². The third-order valence-electron chi connectivity index (χ3n) is 2.57. The number of likely N-dealkylation sites (N-methyl/N-ethyl adjacent to an activating group) is 1. The van der Waals surface area contributed by atoms with E-state index in [0.29, 0.717) is 12.1 Å². The van der Waals surface area contributed by atoms with Crippen molar-refractivity contribution in [1.29, 1.82) is 0 Å². The van der Waals surface area contributed by atoms with Crippen molar-refractivity contribution >= 4 is 33.9 Å². The second kappa shape index (κ2) is 4.81. The summed E-state index contributed by atoms with van der Waals surface area (Å²) in [5, 5.41) is 12.1. The third-order valence-corrected chi connectivity index (χ3v) is 3.06. The molecule has 2 N–H and O–H groups in total. The number of hydrogen-bond acceptors (Lipinski definition) is 3. The van der Waals surface area contributed by atoms with Crippen LogP contribution in [-0.2, 0) is 4.79 Å². The number of halogens is 1. The normalized spacial score (nSPS) is 17.4. The minimum Gasteiger partial charge on any atom is -0.507 e. The lowest BCUT2D eigenvalue weighted by Crippen LogP contribution is -2.30. The highest BCUT2D eigenvalue weighted by Gasteiger charge is 2.32. The van der Waals surface area contributed by atoms with Crippen molar-refractivity contribution in [2.75, 3.05) is 6.54 Å². The molecule has 5 nitrogen and oxygen atoms in total. The Morgan fingerprint density at radius 3 is 2.78 bits per heavy atom. The van der Waals surface area contributed by atoms with E-state index in [-0.39, 0.29) is 17.4 Å². The molecule has 1 heterocycles. The van der Waals surface area contributed by atoms with Crippen LogP contribution in [0.2, 0.25) is 0 Å². The number of phenols is 1. The van der Waals surface area contributed by atoms with Crippen LogP contribution in [0, 0.1) is 0 Å². The number of urea groups is 1. The Morgan fingerprint density at radius 2 is 2.17 bits per heavy atom. The summed E-state index contributed by atoms with van der Waals surface area (Å²) >= 11 is 3.28.